The number of carbonyl (C=O) groups is 1. The molecule has 1 unspecified atom stereocenters. The summed E-state index contributed by atoms with van der Waals surface area (Å²) in [7, 11) is 0. The van der Waals surface area contributed by atoms with E-state index >= 15 is 0 Å². The summed E-state index contributed by atoms with van der Waals surface area (Å²) in [6, 6.07) is 0. The van der Waals surface area contributed by atoms with Crippen LogP contribution in [-0.2, 0) is 9.63 Å². The fraction of sp³-hybridized carbons (Fsp3) is 0.714. The second kappa shape index (κ2) is 2.82. The van der Waals surface area contributed by atoms with Gasteiger partial charge in [0.1, 0.15) is 11.9 Å². The first-order valence-electron chi connectivity index (χ1n) is 3.37. The average Bonchev–Trinajstić information content (AvgIpc) is 2.13. The average molecular weight is 141 g/mol. The molecule has 0 aliphatic carbocycles. The summed E-state index contributed by atoms with van der Waals surface area (Å²) in [4.78, 5) is 15.5. The Labute approximate surface area is 60.0 Å². The molecule has 56 valence electrons. The van der Waals surface area contributed by atoms with Gasteiger partial charge in [-0.1, -0.05) is 5.16 Å². The third kappa shape index (κ3) is 1.83. The van der Waals surface area contributed by atoms with Gasteiger partial charge in [-0.2, -0.15) is 0 Å². The lowest BCUT2D eigenvalue weighted by Crippen LogP contribution is -2.10. The second-order valence-electron chi connectivity index (χ2n) is 2.66. The lowest BCUT2D eigenvalue weighted by molar-refractivity contribution is -0.119. The molecule has 0 radical (unpaired) electrons. The van der Waals surface area contributed by atoms with Crippen molar-refractivity contribution in [3.05, 3.63) is 0 Å². The lowest BCUT2D eigenvalue weighted by Gasteiger charge is -2.02. The predicted molar refractivity (Wildman–Crippen MR) is 37.9 cm³/mol. The second-order valence-corrected chi connectivity index (χ2v) is 2.66. The molecular weight excluding hydrogens is 130 g/mol. The number of nitrogens with zero attached hydrogens (tertiary/aromatic N) is 1. The number of hydrogen-bond donors (Lipinski definition) is 0. The van der Waals surface area contributed by atoms with Crippen LogP contribution in [0.2, 0.25) is 0 Å². The van der Waals surface area contributed by atoms with Crippen molar-refractivity contribution in [2.75, 3.05) is 0 Å². The van der Waals surface area contributed by atoms with E-state index in [9.17, 15) is 4.79 Å². The molecule has 3 heteroatoms. The SMILES string of the molecule is CC(=O)CC1CC(C)=NO1. The molecule has 0 fully saturated rings. The molecule has 3 nitrogen and oxygen atoms in total. The van der Waals surface area contributed by atoms with E-state index in [0.717, 1.165) is 12.1 Å². The largest absolute Gasteiger partial charge is 0.392 e. The van der Waals surface area contributed by atoms with Crippen LogP contribution >= 0.6 is 0 Å². The van der Waals surface area contributed by atoms with E-state index in [4.69, 9.17) is 4.84 Å². The fourth-order valence-electron chi connectivity index (χ4n) is 0.999. The van der Waals surface area contributed by atoms with E-state index in [-0.39, 0.29) is 11.9 Å². The predicted octanol–water partition coefficient (Wildman–Crippen LogP) is 1.13. The first-order valence-corrected chi connectivity index (χ1v) is 3.37. The van der Waals surface area contributed by atoms with Crippen molar-refractivity contribution in [3.63, 3.8) is 0 Å². The molecule has 0 bridgehead atoms. The smallest absolute Gasteiger partial charge is 0.139 e. The Hall–Kier alpha value is -0.860. The zero-order chi connectivity index (χ0) is 7.56. The Balaban J connectivity index is 2.29. The maximum absolute atomic E-state index is 10.6. The number of ketones is 1. The Morgan fingerprint density at radius 2 is 2.60 bits per heavy atom. The lowest BCUT2D eigenvalue weighted by atomic mass is 10.1. The molecule has 0 amide bonds. The minimum atomic E-state index is 0.0116. The van der Waals surface area contributed by atoms with E-state index in [1.54, 1.807) is 6.92 Å². The van der Waals surface area contributed by atoms with Crippen LogP contribution in [-0.4, -0.2) is 17.6 Å². The molecule has 1 aliphatic heterocycles. The van der Waals surface area contributed by atoms with Crippen molar-refractivity contribution in [1.82, 2.24) is 0 Å². The summed E-state index contributed by atoms with van der Waals surface area (Å²) in [5.41, 5.74) is 0.978. The summed E-state index contributed by atoms with van der Waals surface area (Å²) in [5.74, 6) is 0.162. The summed E-state index contributed by atoms with van der Waals surface area (Å²) < 4.78 is 0. The van der Waals surface area contributed by atoms with Crippen molar-refractivity contribution < 1.29 is 9.63 Å². The van der Waals surface area contributed by atoms with Gasteiger partial charge >= 0.3 is 0 Å². The molecule has 0 spiro atoms. The van der Waals surface area contributed by atoms with Gasteiger partial charge in [0, 0.05) is 12.8 Å². The Bertz CT molecular complexity index is 174. The van der Waals surface area contributed by atoms with Crippen LogP contribution < -0.4 is 0 Å². The van der Waals surface area contributed by atoms with Gasteiger partial charge in [0.25, 0.3) is 0 Å². The van der Waals surface area contributed by atoms with Gasteiger partial charge < -0.3 is 4.84 Å². The molecule has 0 N–H and O–H groups in total. The first kappa shape index (κ1) is 7.25. The molecule has 0 aromatic heterocycles. The Morgan fingerprint density at radius 3 is 3.00 bits per heavy atom. The maximum atomic E-state index is 10.6. The van der Waals surface area contributed by atoms with E-state index in [2.05, 4.69) is 5.16 Å². The van der Waals surface area contributed by atoms with Gasteiger partial charge in [0.05, 0.1) is 5.71 Å². The summed E-state index contributed by atoms with van der Waals surface area (Å²) in [6.07, 6.45) is 1.30. The molecule has 0 aromatic carbocycles. The highest BCUT2D eigenvalue weighted by atomic mass is 16.6. The molecule has 0 saturated heterocycles. The van der Waals surface area contributed by atoms with E-state index in [0.29, 0.717) is 6.42 Å². The highest BCUT2D eigenvalue weighted by Crippen LogP contribution is 2.13. The van der Waals surface area contributed by atoms with Crippen LogP contribution in [0.15, 0.2) is 5.16 Å². The van der Waals surface area contributed by atoms with E-state index < -0.39 is 0 Å². The molecular formula is C7H11NO2. The van der Waals surface area contributed by atoms with Crippen molar-refractivity contribution in [2.24, 2.45) is 5.16 Å². The van der Waals surface area contributed by atoms with E-state index in [1.165, 1.54) is 0 Å². The molecule has 1 atom stereocenters. The molecule has 1 aliphatic rings. The highest BCUT2D eigenvalue weighted by Gasteiger charge is 2.18. The summed E-state index contributed by atoms with van der Waals surface area (Å²) in [6.45, 7) is 3.47. The zero-order valence-corrected chi connectivity index (χ0v) is 6.26. The maximum Gasteiger partial charge on any atom is 0.139 e. The highest BCUT2D eigenvalue weighted by molar-refractivity contribution is 5.84. The molecule has 1 rings (SSSR count). The van der Waals surface area contributed by atoms with Gasteiger partial charge in [0.2, 0.25) is 0 Å². The normalized spacial score (nSPS) is 23.8. The molecule has 10 heavy (non-hydrogen) atoms. The van der Waals surface area contributed by atoms with Crippen LogP contribution in [0.1, 0.15) is 26.7 Å². The fourth-order valence-corrected chi connectivity index (χ4v) is 0.999. The molecule has 1 heterocycles. The minimum absolute atomic E-state index is 0.0116. The standard InChI is InChI=1S/C7H11NO2/c1-5-3-7(10-8-5)4-6(2)9/h7H,3-4H2,1-2H3. The summed E-state index contributed by atoms with van der Waals surface area (Å²) in [5, 5.41) is 3.74. The Morgan fingerprint density at radius 1 is 1.90 bits per heavy atom. The third-order valence-electron chi connectivity index (χ3n) is 1.40. The summed E-state index contributed by atoms with van der Waals surface area (Å²) >= 11 is 0. The molecule has 0 aromatic rings. The van der Waals surface area contributed by atoms with Crippen molar-refractivity contribution in [1.29, 1.82) is 0 Å². The van der Waals surface area contributed by atoms with Gasteiger partial charge in [-0.15, -0.1) is 0 Å². The third-order valence-corrected chi connectivity index (χ3v) is 1.40. The van der Waals surface area contributed by atoms with Crippen LogP contribution in [0.3, 0.4) is 0 Å². The number of Topliss-reactive ketones (excluding diaryl/α,β-unsaturated/α-hetero) is 1. The van der Waals surface area contributed by atoms with E-state index in [1.807, 2.05) is 6.92 Å². The van der Waals surface area contributed by atoms with Gasteiger partial charge in [-0.3, -0.25) is 4.79 Å². The topological polar surface area (TPSA) is 38.7 Å². The monoisotopic (exact) mass is 141 g/mol. The number of oxime groups is 1. The number of hydrogen-bond acceptors (Lipinski definition) is 3. The first-order chi connectivity index (χ1) is 4.68. The van der Waals surface area contributed by atoms with Gasteiger partial charge in [-0.25, -0.2) is 0 Å². The quantitative estimate of drug-likeness (QED) is 0.578. The minimum Gasteiger partial charge on any atom is -0.392 e. The Kier molecular flexibility index (Phi) is 2.04. The van der Waals surface area contributed by atoms with Crippen LogP contribution in [0.4, 0.5) is 0 Å². The number of carbonyl (C=O) groups excluding carboxylic acids is 1. The van der Waals surface area contributed by atoms with Crippen LogP contribution in [0.5, 0.6) is 0 Å². The van der Waals surface area contributed by atoms with Crippen LogP contribution in [0, 0.1) is 0 Å². The van der Waals surface area contributed by atoms with Crippen molar-refractivity contribution >= 4 is 11.5 Å². The van der Waals surface area contributed by atoms with Crippen molar-refractivity contribution in [3.8, 4) is 0 Å². The van der Waals surface area contributed by atoms with Gasteiger partial charge in [-0.05, 0) is 13.8 Å². The van der Waals surface area contributed by atoms with Gasteiger partial charge in [0.15, 0.2) is 0 Å². The van der Waals surface area contributed by atoms with Crippen molar-refractivity contribution in [2.45, 2.75) is 32.8 Å². The zero-order valence-electron chi connectivity index (χ0n) is 6.26. The molecule has 0 saturated carbocycles. The number of rotatable bonds is 2. The van der Waals surface area contributed by atoms with Crippen LogP contribution in [0.25, 0.3) is 0 Å².